The quantitative estimate of drug-likeness (QED) is 0.475. The molecule has 1 aromatic heterocycles. The summed E-state index contributed by atoms with van der Waals surface area (Å²) in [6, 6.07) is 11.7. The number of ether oxygens (including phenoxy) is 1. The molecule has 0 aliphatic heterocycles. The van der Waals surface area contributed by atoms with Gasteiger partial charge in [-0.2, -0.15) is 0 Å². The van der Waals surface area contributed by atoms with Crippen molar-refractivity contribution in [3.05, 3.63) is 69.6 Å². The Labute approximate surface area is 160 Å². The molecular formula is C19H18N4O5. The molecule has 1 heterocycles. The Bertz CT molecular complexity index is 1010. The maximum atomic E-state index is 12.6. The van der Waals surface area contributed by atoms with Crippen molar-refractivity contribution in [3.8, 4) is 17.2 Å². The monoisotopic (exact) mass is 382 g/mol. The molecule has 3 aromatic rings. The van der Waals surface area contributed by atoms with Crippen molar-refractivity contribution in [2.24, 2.45) is 0 Å². The van der Waals surface area contributed by atoms with Crippen molar-refractivity contribution >= 4 is 11.6 Å². The first-order valence-corrected chi connectivity index (χ1v) is 8.36. The molecule has 0 fully saturated rings. The van der Waals surface area contributed by atoms with Crippen LogP contribution in [-0.4, -0.2) is 40.1 Å². The second kappa shape index (κ2) is 7.87. The SMILES string of the molecule is COc1ccc(C(=O)N(C)Cc2nnc(-c3ccc(C)cc3)o2)cc1[N+](=O)[O-]. The smallest absolute Gasteiger partial charge is 0.311 e. The van der Waals surface area contributed by atoms with E-state index in [1.54, 1.807) is 7.05 Å². The lowest BCUT2D eigenvalue weighted by Crippen LogP contribution is -2.26. The summed E-state index contributed by atoms with van der Waals surface area (Å²) in [4.78, 5) is 24.5. The number of rotatable bonds is 6. The number of hydrogen-bond acceptors (Lipinski definition) is 7. The Morgan fingerprint density at radius 3 is 2.57 bits per heavy atom. The zero-order valence-electron chi connectivity index (χ0n) is 15.6. The van der Waals surface area contributed by atoms with Crippen molar-refractivity contribution in [2.45, 2.75) is 13.5 Å². The Balaban J connectivity index is 1.75. The Morgan fingerprint density at radius 1 is 1.21 bits per heavy atom. The van der Waals surface area contributed by atoms with Gasteiger partial charge in [0.05, 0.1) is 18.6 Å². The predicted molar refractivity (Wildman–Crippen MR) is 99.9 cm³/mol. The fraction of sp³-hybridized carbons (Fsp3) is 0.211. The van der Waals surface area contributed by atoms with Gasteiger partial charge in [-0.15, -0.1) is 10.2 Å². The van der Waals surface area contributed by atoms with Crippen LogP contribution < -0.4 is 4.74 Å². The van der Waals surface area contributed by atoms with Crippen molar-refractivity contribution < 1.29 is 18.9 Å². The lowest BCUT2D eigenvalue weighted by molar-refractivity contribution is -0.385. The topological polar surface area (TPSA) is 112 Å². The molecule has 0 N–H and O–H groups in total. The zero-order valence-corrected chi connectivity index (χ0v) is 15.6. The van der Waals surface area contributed by atoms with E-state index >= 15 is 0 Å². The molecule has 0 aliphatic carbocycles. The highest BCUT2D eigenvalue weighted by molar-refractivity contribution is 5.95. The van der Waals surface area contributed by atoms with Gasteiger partial charge in [0.2, 0.25) is 11.8 Å². The van der Waals surface area contributed by atoms with Crippen LogP contribution in [0.2, 0.25) is 0 Å². The average molecular weight is 382 g/mol. The molecule has 1 amide bonds. The number of nitro benzene ring substituents is 1. The maximum Gasteiger partial charge on any atom is 0.311 e. The van der Waals surface area contributed by atoms with Crippen molar-refractivity contribution in [3.63, 3.8) is 0 Å². The third-order valence-corrected chi connectivity index (χ3v) is 4.11. The first-order valence-electron chi connectivity index (χ1n) is 8.36. The molecule has 3 rings (SSSR count). The summed E-state index contributed by atoms with van der Waals surface area (Å²) in [6.07, 6.45) is 0. The molecule has 0 atom stereocenters. The van der Waals surface area contributed by atoms with E-state index in [4.69, 9.17) is 9.15 Å². The Hall–Kier alpha value is -3.75. The Kier molecular flexibility index (Phi) is 5.35. The number of carbonyl (C=O) groups is 1. The number of nitrogens with zero attached hydrogens (tertiary/aromatic N) is 4. The van der Waals surface area contributed by atoms with Gasteiger partial charge in [0.1, 0.15) is 0 Å². The van der Waals surface area contributed by atoms with Gasteiger partial charge in [-0.1, -0.05) is 17.7 Å². The number of hydrogen-bond donors (Lipinski definition) is 0. The van der Waals surface area contributed by atoms with Gasteiger partial charge in [0, 0.05) is 24.2 Å². The lowest BCUT2D eigenvalue weighted by atomic mass is 10.1. The van der Waals surface area contributed by atoms with E-state index in [0.29, 0.717) is 5.89 Å². The normalized spacial score (nSPS) is 10.5. The van der Waals surface area contributed by atoms with Crippen LogP contribution in [0, 0.1) is 17.0 Å². The van der Waals surface area contributed by atoms with Crippen LogP contribution in [0.3, 0.4) is 0 Å². The Morgan fingerprint density at radius 2 is 1.93 bits per heavy atom. The van der Waals surface area contributed by atoms with Gasteiger partial charge in [-0.3, -0.25) is 14.9 Å². The number of aromatic nitrogens is 2. The van der Waals surface area contributed by atoms with Gasteiger partial charge >= 0.3 is 5.69 Å². The van der Waals surface area contributed by atoms with E-state index in [9.17, 15) is 14.9 Å². The zero-order chi connectivity index (χ0) is 20.3. The minimum atomic E-state index is -0.596. The molecule has 9 nitrogen and oxygen atoms in total. The fourth-order valence-corrected chi connectivity index (χ4v) is 2.59. The number of nitro groups is 1. The highest BCUT2D eigenvalue weighted by Gasteiger charge is 2.21. The molecule has 9 heteroatoms. The summed E-state index contributed by atoms with van der Waals surface area (Å²) >= 11 is 0. The molecule has 0 unspecified atom stereocenters. The van der Waals surface area contributed by atoms with Gasteiger partial charge in [-0.25, -0.2) is 0 Å². The third-order valence-electron chi connectivity index (χ3n) is 4.11. The van der Waals surface area contributed by atoms with E-state index in [1.165, 1.54) is 30.2 Å². The highest BCUT2D eigenvalue weighted by Crippen LogP contribution is 2.28. The van der Waals surface area contributed by atoms with Crippen LogP contribution >= 0.6 is 0 Å². The molecule has 28 heavy (non-hydrogen) atoms. The minimum absolute atomic E-state index is 0.0670. The summed E-state index contributed by atoms with van der Waals surface area (Å²) < 4.78 is 10.6. The number of benzene rings is 2. The van der Waals surface area contributed by atoms with Crippen LogP contribution in [-0.2, 0) is 6.54 Å². The lowest BCUT2D eigenvalue weighted by Gasteiger charge is -2.15. The predicted octanol–water partition coefficient (Wildman–Crippen LogP) is 3.23. The van der Waals surface area contributed by atoms with Crippen molar-refractivity contribution in [1.82, 2.24) is 15.1 Å². The molecule has 0 saturated carbocycles. The van der Waals surface area contributed by atoms with Crippen molar-refractivity contribution in [2.75, 3.05) is 14.2 Å². The van der Waals surface area contributed by atoms with Gasteiger partial charge in [0.15, 0.2) is 5.75 Å². The third kappa shape index (κ3) is 3.98. The summed E-state index contributed by atoms with van der Waals surface area (Å²) in [6.45, 7) is 2.05. The molecule has 2 aromatic carbocycles. The molecular weight excluding hydrogens is 364 g/mol. The van der Waals surface area contributed by atoms with E-state index < -0.39 is 10.8 Å². The van der Waals surface area contributed by atoms with E-state index in [2.05, 4.69) is 10.2 Å². The van der Waals surface area contributed by atoms with Gasteiger partial charge in [-0.05, 0) is 31.2 Å². The summed E-state index contributed by atoms with van der Waals surface area (Å²) in [5, 5.41) is 19.1. The molecule has 0 saturated heterocycles. The van der Waals surface area contributed by atoms with Gasteiger partial charge < -0.3 is 14.1 Å². The first-order chi connectivity index (χ1) is 13.4. The van der Waals surface area contributed by atoms with Crippen LogP contribution in [0.25, 0.3) is 11.5 Å². The first kappa shape index (κ1) is 19.0. The number of aryl methyl sites for hydroxylation is 1. The van der Waals surface area contributed by atoms with Gasteiger partial charge in [0.25, 0.3) is 5.91 Å². The largest absolute Gasteiger partial charge is 0.490 e. The second-order valence-corrected chi connectivity index (χ2v) is 6.17. The fourth-order valence-electron chi connectivity index (χ4n) is 2.59. The summed E-state index contributed by atoms with van der Waals surface area (Å²) in [7, 11) is 2.88. The molecule has 0 aliphatic rings. The molecule has 0 radical (unpaired) electrons. The average Bonchev–Trinajstić information content (AvgIpc) is 3.15. The second-order valence-electron chi connectivity index (χ2n) is 6.17. The highest BCUT2D eigenvalue weighted by atomic mass is 16.6. The molecule has 0 spiro atoms. The number of amides is 1. The van der Waals surface area contributed by atoms with Crippen LogP contribution in [0.4, 0.5) is 5.69 Å². The summed E-state index contributed by atoms with van der Waals surface area (Å²) in [5.41, 5.74) is 1.78. The van der Waals surface area contributed by atoms with Crippen molar-refractivity contribution in [1.29, 1.82) is 0 Å². The number of carbonyl (C=O) groups excluding carboxylic acids is 1. The molecule has 0 bridgehead atoms. The maximum absolute atomic E-state index is 12.6. The standard InChI is InChI=1S/C19H18N4O5/c1-12-4-6-13(7-5-12)18-21-20-17(28-18)11-22(2)19(24)14-8-9-16(27-3)15(10-14)23(25)26/h4-10H,11H2,1-3H3. The van der Waals surface area contributed by atoms with Crippen LogP contribution in [0.1, 0.15) is 21.8 Å². The summed E-state index contributed by atoms with van der Waals surface area (Å²) in [5.74, 6) is 0.287. The van der Waals surface area contributed by atoms with E-state index in [1.807, 2.05) is 31.2 Å². The van der Waals surface area contributed by atoms with Crippen LogP contribution in [0.5, 0.6) is 5.75 Å². The minimum Gasteiger partial charge on any atom is -0.490 e. The number of methoxy groups -OCH3 is 1. The molecule has 144 valence electrons. The van der Waals surface area contributed by atoms with Crippen LogP contribution in [0.15, 0.2) is 46.9 Å². The van der Waals surface area contributed by atoms with E-state index in [-0.39, 0.29) is 29.4 Å². The van der Waals surface area contributed by atoms with E-state index in [0.717, 1.165) is 11.1 Å².